The molecule has 1 aromatic carbocycles. The SMILES string of the molecule is CN(C)S(=O)(=O)c1cccc(NC(=O)COC(=O)C2CCCO2)c1. The van der Waals surface area contributed by atoms with Gasteiger partial charge in [-0.05, 0) is 31.0 Å². The summed E-state index contributed by atoms with van der Waals surface area (Å²) in [5, 5.41) is 2.50. The number of amides is 1. The molecular formula is C15H20N2O6S. The van der Waals surface area contributed by atoms with Crippen molar-refractivity contribution >= 4 is 27.6 Å². The zero-order valence-electron chi connectivity index (χ0n) is 13.5. The van der Waals surface area contributed by atoms with Gasteiger partial charge in [0.2, 0.25) is 10.0 Å². The highest BCUT2D eigenvalue weighted by atomic mass is 32.2. The predicted molar refractivity (Wildman–Crippen MR) is 85.9 cm³/mol. The number of hydrogen-bond acceptors (Lipinski definition) is 6. The zero-order valence-corrected chi connectivity index (χ0v) is 14.3. The summed E-state index contributed by atoms with van der Waals surface area (Å²) in [6, 6.07) is 5.84. The number of esters is 1. The lowest BCUT2D eigenvalue weighted by Gasteiger charge is -2.13. The van der Waals surface area contributed by atoms with E-state index in [4.69, 9.17) is 9.47 Å². The standard InChI is InChI=1S/C15H20N2O6S/c1-17(2)24(20,21)12-6-3-5-11(9-12)16-14(18)10-23-15(19)13-7-4-8-22-13/h3,5-6,9,13H,4,7-8,10H2,1-2H3,(H,16,18). The fourth-order valence-electron chi connectivity index (χ4n) is 2.14. The highest BCUT2D eigenvalue weighted by Crippen LogP contribution is 2.18. The number of benzene rings is 1. The van der Waals surface area contributed by atoms with Gasteiger partial charge in [0, 0.05) is 26.4 Å². The zero-order chi connectivity index (χ0) is 17.7. The first-order valence-corrected chi connectivity index (χ1v) is 8.85. The summed E-state index contributed by atoms with van der Waals surface area (Å²) in [4.78, 5) is 23.5. The molecular weight excluding hydrogens is 336 g/mol. The van der Waals surface area contributed by atoms with Gasteiger partial charge in [-0.2, -0.15) is 0 Å². The number of nitrogens with zero attached hydrogens (tertiary/aromatic N) is 1. The van der Waals surface area contributed by atoms with E-state index >= 15 is 0 Å². The second kappa shape index (κ2) is 7.73. The molecule has 0 radical (unpaired) electrons. The molecule has 1 heterocycles. The number of rotatable bonds is 6. The first-order chi connectivity index (χ1) is 11.3. The maximum absolute atomic E-state index is 12.1. The molecule has 1 atom stereocenters. The van der Waals surface area contributed by atoms with Crippen molar-refractivity contribution in [1.29, 1.82) is 0 Å². The Kier molecular flexibility index (Phi) is 5.92. The second-order valence-electron chi connectivity index (χ2n) is 5.47. The lowest BCUT2D eigenvalue weighted by molar-refractivity contribution is -0.156. The van der Waals surface area contributed by atoms with Gasteiger partial charge in [0.15, 0.2) is 12.7 Å². The molecule has 132 valence electrons. The third-order valence-electron chi connectivity index (χ3n) is 3.43. The summed E-state index contributed by atoms with van der Waals surface area (Å²) >= 11 is 0. The summed E-state index contributed by atoms with van der Waals surface area (Å²) in [5.74, 6) is -1.12. The predicted octanol–water partition coefficient (Wildman–Crippen LogP) is 0.598. The van der Waals surface area contributed by atoms with Gasteiger partial charge >= 0.3 is 5.97 Å². The van der Waals surface area contributed by atoms with E-state index in [1.165, 1.54) is 32.3 Å². The minimum atomic E-state index is -3.59. The van der Waals surface area contributed by atoms with Gasteiger partial charge in [0.1, 0.15) is 0 Å². The minimum Gasteiger partial charge on any atom is -0.454 e. The Morgan fingerprint density at radius 2 is 2.12 bits per heavy atom. The maximum Gasteiger partial charge on any atom is 0.335 e. The molecule has 1 amide bonds. The minimum absolute atomic E-state index is 0.0571. The number of nitrogens with one attached hydrogen (secondary N) is 1. The third-order valence-corrected chi connectivity index (χ3v) is 5.25. The average molecular weight is 356 g/mol. The summed E-state index contributed by atoms with van der Waals surface area (Å²) in [5.41, 5.74) is 0.302. The van der Waals surface area contributed by atoms with Crippen LogP contribution in [0.25, 0.3) is 0 Å². The molecule has 0 saturated carbocycles. The van der Waals surface area contributed by atoms with Gasteiger partial charge in [-0.25, -0.2) is 17.5 Å². The van der Waals surface area contributed by atoms with Crippen LogP contribution in [0.15, 0.2) is 29.2 Å². The van der Waals surface area contributed by atoms with Gasteiger partial charge in [-0.3, -0.25) is 4.79 Å². The number of carbonyl (C=O) groups is 2. The molecule has 1 N–H and O–H groups in total. The summed E-state index contributed by atoms with van der Waals surface area (Å²) in [7, 11) is -0.748. The normalized spacial score (nSPS) is 17.7. The van der Waals surface area contributed by atoms with Crippen molar-refractivity contribution in [3.05, 3.63) is 24.3 Å². The van der Waals surface area contributed by atoms with E-state index in [2.05, 4.69) is 5.32 Å². The Morgan fingerprint density at radius 1 is 1.38 bits per heavy atom. The van der Waals surface area contributed by atoms with Crippen molar-refractivity contribution < 1.29 is 27.5 Å². The smallest absolute Gasteiger partial charge is 0.335 e. The number of ether oxygens (including phenoxy) is 2. The van der Waals surface area contributed by atoms with Gasteiger partial charge in [-0.15, -0.1) is 0 Å². The fourth-order valence-corrected chi connectivity index (χ4v) is 3.08. The molecule has 1 aliphatic heterocycles. The molecule has 1 aliphatic rings. The first kappa shape index (κ1) is 18.4. The maximum atomic E-state index is 12.1. The van der Waals surface area contributed by atoms with Crippen LogP contribution in [0.5, 0.6) is 0 Å². The van der Waals surface area contributed by atoms with E-state index < -0.39 is 34.6 Å². The molecule has 24 heavy (non-hydrogen) atoms. The van der Waals surface area contributed by atoms with Crippen LogP contribution >= 0.6 is 0 Å². The van der Waals surface area contributed by atoms with Crippen LogP contribution in [-0.2, 0) is 29.1 Å². The van der Waals surface area contributed by atoms with Crippen LogP contribution in [0, 0.1) is 0 Å². The van der Waals surface area contributed by atoms with E-state index in [-0.39, 0.29) is 4.90 Å². The highest BCUT2D eigenvalue weighted by Gasteiger charge is 2.25. The largest absolute Gasteiger partial charge is 0.454 e. The van der Waals surface area contributed by atoms with Gasteiger partial charge < -0.3 is 14.8 Å². The van der Waals surface area contributed by atoms with Crippen molar-refractivity contribution in [3.8, 4) is 0 Å². The van der Waals surface area contributed by atoms with E-state index in [0.717, 1.165) is 10.7 Å². The van der Waals surface area contributed by atoms with Gasteiger partial charge in [-0.1, -0.05) is 6.07 Å². The van der Waals surface area contributed by atoms with Crippen LogP contribution in [0.1, 0.15) is 12.8 Å². The molecule has 9 heteroatoms. The summed E-state index contributed by atoms with van der Waals surface area (Å²) < 4.78 is 35.3. The van der Waals surface area contributed by atoms with Gasteiger partial charge in [0.05, 0.1) is 4.90 Å². The van der Waals surface area contributed by atoms with Crippen LogP contribution in [0.2, 0.25) is 0 Å². The molecule has 0 aromatic heterocycles. The van der Waals surface area contributed by atoms with Crippen LogP contribution in [0.4, 0.5) is 5.69 Å². The van der Waals surface area contributed by atoms with Crippen LogP contribution < -0.4 is 5.32 Å². The Hall–Kier alpha value is -1.97. The summed E-state index contributed by atoms with van der Waals surface area (Å²) in [6.45, 7) is 0.0580. The van der Waals surface area contributed by atoms with Crippen molar-refractivity contribution in [2.24, 2.45) is 0 Å². The first-order valence-electron chi connectivity index (χ1n) is 7.41. The quantitative estimate of drug-likeness (QED) is 0.749. The Bertz CT molecular complexity index is 710. The van der Waals surface area contributed by atoms with Crippen molar-refractivity contribution in [3.63, 3.8) is 0 Å². The lowest BCUT2D eigenvalue weighted by Crippen LogP contribution is -2.27. The molecule has 2 rings (SSSR count). The molecule has 1 fully saturated rings. The summed E-state index contributed by atoms with van der Waals surface area (Å²) in [6.07, 6.45) is 0.774. The highest BCUT2D eigenvalue weighted by molar-refractivity contribution is 7.89. The van der Waals surface area contributed by atoms with Gasteiger partial charge in [0.25, 0.3) is 5.91 Å². The van der Waals surface area contributed by atoms with Crippen molar-refractivity contribution in [1.82, 2.24) is 4.31 Å². The van der Waals surface area contributed by atoms with Crippen molar-refractivity contribution in [2.45, 2.75) is 23.8 Å². The average Bonchev–Trinajstić information content (AvgIpc) is 3.07. The molecule has 0 bridgehead atoms. The Balaban J connectivity index is 1.93. The monoisotopic (exact) mass is 356 g/mol. The molecule has 8 nitrogen and oxygen atoms in total. The molecule has 1 unspecified atom stereocenters. The molecule has 0 aliphatic carbocycles. The van der Waals surface area contributed by atoms with E-state index in [1.54, 1.807) is 6.07 Å². The number of sulfonamides is 1. The van der Waals surface area contributed by atoms with Crippen LogP contribution in [-0.4, -0.2) is 58.0 Å². The number of hydrogen-bond donors (Lipinski definition) is 1. The fraction of sp³-hybridized carbons (Fsp3) is 0.467. The number of carbonyl (C=O) groups excluding carboxylic acids is 2. The lowest BCUT2D eigenvalue weighted by atomic mass is 10.2. The topological polar surface area (TPSA) is 102 Å². The Morgan fingerprint density at radius 3 is 2.75 bits per heavy atom. The molecule has 1 saturated heterocycles. The van der Waals surface area contributed by atoms with Crippen molar-refractivity contribution in [2.75, 3.05) is 32.6 Å². The third kappa shape index (κ3) is 4.53. The second-order valence-corrected chi connectivity index (χ2v) is 7.62. The van der Waals surface area contributed by atoms with E-state index in [0.29, 0.717) is 18.7 Å². The molecule has 0 spiro atoms. The van der Waals surface area contributed by atoms with Crippen LogP contribution in [0.3, 0.4) is 0 Å². The molecule has 1 aromatic rings. The Labute approximate surface area is 140 Å². The van der Waals surface area contributed by atoms with E-state index in [9.17, 15) is 18.0 Å². The van der Waals surface area contributed by atoms with E-state index in [1.807, 2.05) is 0 Å². The number of anilines is 1.